The number of aromatic nitrogens is 2. The predicted molar refractivity (Wildman–Crippen MR) is 80.9 cm³/mol. The minimum atomic E-state index is 0.149. The Bertz CT molecular complexity index is 653. The fraction of sp³-hybridized carbons (Fsp3) is 0.333. The van der Waals surface area contributed by atoms with Crippen molar-refractivity contribution in [2.75, 3.05) is 13.1 Å². The second-order valence-electron chi connectivity index (χ2n) is 5.02. The summed E-state index contributed by atoms with van der Waals surface area (Å²) in [7, 11) is 0. The van der Waals surface area contributed by atoms with Crippen LogP contribution in [0.15, 0.2) is 36.5 Å². The summed E-state index contributed by atoms with van der Waals surface area (Å²) >= 11 is 5.30. The van der Waals surface area contributed by atoms with Crippen LogP contribution < -0.4 is 0 Å². The molecule has 0 bridgehead atoms. The maximum absolute atomic E-state index is 12.3. The van der Waals surface area contributed by atoms with Crippen LogP contribution in [0.5, 0.6) is 0 Å². The summed E-state index contributed by atoms with van der Waals surface area (Å²) in [6.07, 6.45) is 4.08. The Morgan fingerprint density at radius 3 is 2.60 bits per heavy atom. The van der Waals surface area contributed by atoms with Crippen molar-refractivity contribution in [2.45, 2.75) is 19.4 Å². The highest BCUT2D eigenvalue weighted by atomic mass is 32.1. The van der Waals surface area contributed by atoms with Crippen LogP contribution >= 0.6 is 12.2 Å². The standard InChI is InChI=1S/C15H17N3OS/c19-14(17-8-4-5-9-17)11-18-13(10-16-15(18)20)12-6-2-1-3-7-12/h1-3,6-7,10H,4-5,8-9,11H2,(H,16,20). The van der Waals surface area contributed by atoms with Gasteiger partial charge in [-0.1, -0.05) is 30.3 Å². The molecule has 1 saturated heterocycles. The normalized spacial score (nSPS) is 14.7. The third-order valence-corrected chi connectivity index (χ3v) is 4.03. The second-order valence-corrected chi connectivity index (χ2v) is 5.41. The Hall–Kier alpha value is -1.88. The van der Waals surface area contributed by atoms with E-state index < -0.39 is 0 Å². The molecule has 104 valence electrons. The summed E-state index contributed by atoms with van der Waals surface area (Å²) in [4.78, 5) is 17.3. The number of rotatable bonds is 3. The molecule has 1 aliphatic rings. The number of hydrogen-bond acceptors (Lipinski definition) is 2. The molecule has 1 fully saturated rings. The molecular formula is C15H17N3OS. The van der Waals surface area contributed by atoms with Crippen LogP contribution in [0.25, 0.3) is 11.3 Å². The zero-order valence-corrected chi connectivity index (χ0v) is 12.0. The van der Waals surface area contributed by atoms with E-state index in [1.807, 2.05) is 46.0 Å². The number of H-pyrrole nitrogens is 1. The van der Waals surface area contributed by atoms with Gasteiger partial charge in [0.05, 0.1) is 5.69 Å². The van der Waals surface area contributed by atoms with E-state index in [-0.39, 0.29) is 5.91 Å². The first-order valence-corrected chi connectivity index (χ1v) is 7.28. The van der Waals surface area contributed by atoms with Gasteiger partial charge in [-0.15, -0.1) is 0 Å². The average molecular weight is 287 g/mol. The lowest BCUT2D eigenvalue weighted by molar-refractivity contribution is -0.130. The molecule has 1 aromatic carbocycles. The van der Waals surface area contributed by atoms with Crippen molar-refractivity contribution in [3.63, 3.8) is 0 Å². The van der Waals surface area contributed by atoms with Crippen molar-refractivity contribution in [1.82, 2.24) is 14.5 Å². The van der Waals surface area contributed by atoms with Crippen molar-refractivity contribution >= 4 is 18.1 Å². The largest absolute Gasteiger partial charge is 0.341 e. The topological polar surface area (TPSA) is 41.0 Å². The third-order valence-electron chi connectivity index (χ3n) is 3.69. The Kier molecular flexibility index (Phi) is 3.69. The number of benzene rings is 1. The molecular weight excluding hydrogens is 270 g/mol. The minimum absolute atomic E-state index is 0.149. The van der Waals surface area contributed by atoms with Gasteiger partial charge in [-0.2, -0.15) is 0 Å². The van der Waals surface area contributed by atoms with Gasteiger partial charge < -0.3 is 14.5 Å². The van der Waals surface area contributed by atoms with E-state index in [1.165, 1.54) is 0 Å². The number of amides is 1. The lowest BCUT2D eigenvalue weighted by Gasteiger charge is -2.16. The molecule has 0 atom stereocenters. The molecule has 0 radical (unpaired) electrons. The SMILES string of the molecule is O=C(Cn1c(-c2ccccc2)c[nH]c1=S)N1CCCC1. The first-order chi connectivity index (χ1) is 9.75. The molecule has 4 nitrogen and oxygen atoms in total. The molecule has 2 heterocycles. The molecule has 1 aliphatic heterocycles. The smallest absolute Gasteiger partial charge is 0.242 e. The van der Waals surface area contributed by atoms with Gasteiger partial charge in [0.1, 0.15) is 6.54 Å². The van der Waals surface area contributed by atoms with Gasteiger partial charge in [0.25, 0.3) is 0 Å². The van der Waals surface area contributed by atoms with Crippen LogP contribution in [-0.4, -0.2) is 33.4 Å². The summed E-state index contributed by atoms with van der Waals surface area (Å²) in [5.74, 6) is 0.149. The number of carbonyl (C=O) groups excluding carboxylic acids is 1. The van der Waals surface area contributed by atoms with Gasteiger partial charge in [0, 0.05) is 19.3 Å². The van der Waals surface area contributed by atoms with Gasteiger partial charge >= 0.3 is 0 Å². The number of aromatic amines is 1. The molecule has 1 aromatic heterocycles. The van der Waals surface area contributed by atoms with Crippen molar-refractivity contribution in [3.05, 3.63) is 41.3 Å². The molecule has 0 spiro atoms. The van der Waals surface area contributed by atoms with Crippen molar-refractivity contribution in [3.8, 4) is 11.3 Å². The number of nitrogens with one attached hydrogen (secondary N) is 1. The van der Waals surface area contributed by atoms with Gasteiger partial charge in [-0.05, 0) is 30.6 Å². The van der Waals surface area contributed by atoms with Gasteiger partial charge in [-0.3, -0.25) is 4.79 Å². The summed E-state index contributed by atoms with van der Waals surface area (Å²) in [6.45, 7) is 2.06. The Balaban J connectivity index is 1.88. The number of hydrogen-bond donors (Lipinski definition) is 1. The molecule has 0 unspecified atom stereocenters. The summed E-state index contributed by atoms with van der Waals surface area (Å²) in [5, 5.41) is 0. The minimum Gasteiger partial charge on any atom is -0.341 e. The fourth-order valence-corrected chi connectivity index (χ4v) is 2.82. The molecule has 20 heavy (non-hydrogen) atoms. The fourth-order valence-electron chi connectivity index (χ4n) is 2.60. The van der Waals surface area contributed by atoms with Crippen LogP contribution in [-0.2, 0) is 11.3 Å². The highest BCUT2D eigenvalue weighted by Crippen LogP contribution is 2.20. The predicted octanol–water partition coefficient (Wildman–Crippen LogP) is 2.84. The van der Waals surface area contributed by atoms with Crippen molar-refractivity contribution in [1.29, 1.82) is 0 Å². The highest BCUT2D eigenvalue weighted by molar-refractivity contribution is 7.71. The van der Waals surface area contributed by atoms with E-state index in [0.717, 1.165) is 37.2 Å². The zero-order valence-electron chi connectivity index (χ0n) is 11.2. The van der Waals surface area contributed by atoms with Gasteiger partial charge in [0.2, 0.25) is 5.91 Å². The second kappa shape index (κ2) is 5.63. The van der Waals surface area contributed by atoms with E-state index in [4.69, 9.17) is 12.2 Å². The molecule has 1 amide bonds. The van der Waals surface area contributed by atoms with Crippen LogP contribution in [0.4, 0.5) is 0 Å². The Morgan fingerprint density at radius 2 is 1.90 bits per heavy atom. The zero-order chi connectivity index (χ0) is 13.9. The van der Waals surface area contributed by atoms with Crippen LogP contribution in [0.1, 0.15) is 12.8 Å². The first kappa shape index (κ1) is 13.1. The molecule has 0 saturated carbocycles. The number of nitrogens with zero attached hydrogens (tertiary/aromatic N) is 2. The lowest BCUT2D eigenvalue weighted by Crippen LogP contribution is -2.31. The lowest BCUT2D eigenvalue weighted by atomic mass is 10.2. The van der Waals surface area contributed by atoms with Crippen molar-refractivity contribution < 1.29 is 4.79 Å². The third kappa shape index (κ3) is 2.54. The van der Waals surface area contributed by atoms with E-state index in [0.29, 0.717) is 11.3 Å². The Morgan fingerprint density at radius 1 is 1.20 bits per heavy atom. The average Bonchev–Trinajstić information content (AvgIpc) is 3.11. The molecule has 5 heteroatoms. The van der Waals surface area contributed by atoms with E-state index in [9.17, 15) is 4.79 Å². The maximum atomic E-state index is 12.3. The molecule has 2 aromatic rings. The summed E-state index contributed by atoms with van der Waals surface area (Å²) in [6, 6.07) is 9.99. The molecule has 1 N–H and O–H groups in total. The van der Waals surface area contributed by atoms with Gasteiger partial charge in [-0.25, -0.2) is 0 Å². The van der Waals surface area contributed by atoms with E-state index in [1.54, 1.807) is 0 Å². The summed E-state index contributed by atoms with van der Waals surface area (Å²) in [5.41, 5.74) is 2.03. The van der Waals surface area contributed by atoms with E-state index >= 15 is 0 Å². The highest BCUT2D eigenvalue weighted by Gasteiger charge is 2.19. The monoisotopic (exact) mass is 287 g/mol. The number of imidazole rings is 1. The quantitative estimate of drug-likeness (QED) is 0.882. The molecule has 3 rings (SSSR count). The van der Waals surface area contributed by atoms with Crippen LogP contribution in [0.3, 0.4) is 0 Å². The Labute approximate surface area is 123 Å². The van der Waals surface area contributed by atoms with Crippen molar-refractivity contribution in [2.24, 2.45) is 0 Å². The van der Waals surface area contributed by atoms with E-state index in [2.05, 4.69) is 4.98 Å². The first-order valence-electron chi connectivity index (χ1n) is 6.87. The van der Waals surface area contributed by atoms with Crippen LogP contribution in [0, 0.1) is 4.77 Å². The summed E-state index contributed by atoms with van der Waals surface area (Å²) < 4.78 is 2.47. The van der Waals surface area contributed by atoms with Crippen LogP contribution in [0.2, 0.25) is 0 Å². The number of likely N-dealkylation sites (tertiary alicyclic amines) is 1. The number of carbonyl (C=O) groups is 1. The maximum Gasteiger partial charge on any atom is 0.242 e. The van der Waals surface area contributed by atoms with Gasteiger partial charge in [0.15, 0.2) is 4.77 Å². The molecule has 0 aliphatic carbocycles.